The number of methoxy groups -OCH3 is 1. The molecule has 0 saturated carbocycles. The number of carbonyl (C=O) groups excluding carboxylic acids is 1. The zero-order valence-electron chi connectivity index (χ0n) is 18.7. The second-order valence-corrected chi connectivity index (χ2v) is 9.04. The third-order valence-corrected chi connectivity index (χ3v) is 7.11. The Bertz CT molecular complexity index is 1340. The highest BCUT2D eigenvalue weighted by Gasteiger charge is 2.32. The number of rotatable bonds is 4. The van der Waals surface area contributed by atoms with Crippen molar-refractivity contribution in [1.29, 1.82) is 0 Å². The van der Waals surface area contributed by atoms with Crippen LogP contribution in [0.4, 0.5) is 0 Å². The Morgan fingerprint density at radius 1 is 1.00 bits per heavy atom. The summed E-state index contributed by atoms with van der Waals surface area (Å²) in [5.74, 6) is 2.90. The zero-order valence-corrected chi connectivity index (χ0v) is 19.5. The van der Waals surface area contributed by atoms with E-state index < -0.39 is 0 Å². The fraction of sp³-hybridized carbons (Fsp3) is 0.231. The average Bonchev–Trinajstić information content (AvgIpc) is 3.50. The monoisotopic (exact) mass is 473 g/mol. The Hall–Kier alpha value is -3.78. The lowest BCUT2D eigenvalue weighted by molar-refractivity contribution is 0.0708. The maximum Gasteiger partial charge on any atom is 0.268 e. The van der Waals surface area contributed by atoms with Crippen LogP contribution >= 0.6 is 11.3 Å². The Morgan fingerprint density at radius 2 is 1.79 bits per heavy atom. The fourth-order valence-electron chi connectivity index (χ4n) is 4.48. The Kier molecular flexibility index (Phi) is 5.22. The minimum absolute atomic E-state index is 0.0360. The first kappa shape index (κ1) is 20.8. The second kappa shape index (κ2) is 8.53. The number of nitrogens with zero attached hydrogens (tertiary/aromatic N) is 3. The number of amides is 1. The molecule has 4 heterocycles. The molecule has 0 radical (unpaired) electrons. The smallest absolute Gasteiger partial charge is 0.268 e. The minimum atomic E-state index is -0.0360. The number of imidazole rings is 1. The first-order chi connectivity index (χ1) is 16.7. The van der Waals surface area contributed by atoms with Gasteiger partial charge in [0.25, 0.3) is 5.91 Å². The number of hydrogen-bond acceptors (Lipinski definition) is 6. The van der Waals surface area contributed by atoms with Crippen LogP contribution in [0, 0.1) is 0 Å². The highest BCUT2D eigenvalue weighted by atomic mass is 32.1. The molecule has 2 aliphatic rings. The van der Waals surface area contributed by atoms with Gasteiger partial charge >= 0.3 is 0 Å². The van der Waals surface area contributed by atoms with Gasteiger partial charge in [-0.2, -0.15) is 0 Å². The van der Waals surface area contributed by atoms with E-state index in [-0.39, 0.29) is 5.91 Å². The summed E-state index contributed by atoms with van der Waals surface area (Å²) in [6.45, 7) is 2.69. The molecule has 0 aliphatic carbocycles. The molecule has 6 rings (SSSR count). The standard InChI is InChI=1S/C26H23N3O4S/c1-31-19-9-7-17(8-10-19)22-20-15-28(26(30)24-23-21(16-34-24)32-13-14-33-23)11-12-29(20)25(27-22)18-5-3-2-4-6-18/h2-10,16H,11-15H2,1H3. The van der Waals surface area contributed by atoms with Crippen LogP contribution in [0.3, 0.4) is 0 Å². The number of benzene rings is 2. The van der Waals surface area contributed by atoms with Gasteiger partial charge in [0, 0.05) is 29.6 Å². The van der Waals surface area contributed by atoms with E-state index in [1.807, 2.05) is 52.7 Å². The van der Waals surface area contributed by atoms with Crippen molar-refractivity contribution in [2.45, 2.75) is 13.1 Å². The summed E-state index contributed by atoms with van der Waals surface area (Å²) in [6.07, 6.45) is 0. The van der Waals surface area contributed by atoms with E-state index in [1.165, 1.54) is 11.3 Å². The van der Waals surface area contributed by atoms with Crippen LogP contribution in [-0.4, -0.2) is 47.2 Å². The van der Waals surface area contributed by atoms with E-state index in [4.69, 9.17) is 19.2 Å². The molecule has 2 aromatic heterocycles. The van der Waals surface area contributed by atoms with Crippen molar-refractivity contribution < 1.29 is 19.0 Å². The first-order valence-electron chi connectivity index (χ1n) is 11.2. The van der Waals surface area contributed by atoms with E-state index >= 15 is 0 Å². The normalized spacial score (nSPS) is 14.6. The van der Waals surface area contributed by atoms with Crippen molar-refractivity contribution in [1.82, 2.24) is 14.5 Å². The molecule has 0 saturated heterocycles. The molecule has 7 nitrogen and oxygen atoms in total. The Morgan fingerprint density at radius 3 is 2.59 bits per heavy atom. The van der Waals surface area contributed by atoms with Gasteiger partial charge in [-0.05, 0) is 24.3 Å². The van der Waals surface area contributed by atoms with Crippen LogP contribution in [0.15, 0.2) is 60.0 Å². The van der Waals surface area contributed by atoms with Gasteiger partial charge in [-0.15, -0.1) is 11.3 Å². The largest absolute Gasteiger partial charge is 0.497 e. The second-order valence-electron chi connectivity index (χ2n) is 8.16. The summed E-state index contributed by atoms with van der Waals surface area (Å²) in [5, 5.41) is 1.85. The number of hydrogen-bond donors (Lipinski definition) is 0. The Balaban J connectivity index is 1.39. The number of carbonyl (C=O) groups is 1. The van der Waals surface area contributed by atoms with Crippen LogP contribution in [0.1, 0.15) is 15.4 Å². The fourth-order valence-corrected chi connectivity index (χ4v) is 5.38. The summed E-state index contributed by atoms with van der Waals surface area (Å²) in [7, 11) is 1.66. The SMILES string of the molecule is COc1ccc(-c2nc(-c3ccccc3)n3c2CN(C(=O)c2scc4c2OCCO4)CC3)cc1. The first-order valence-corrected chi connectivity index (χ1v) is 12.1. The van der Waals surface area contributed by atoms with Gasteiger partial charge in [0.15, 0.2) is 11.5 Å². The maximum atomic E-state index is 13.5. The van der Waals surface area contributed by atoms with E-state index in [9.17, 15) is 4.79 Å². The van der Waals surface area contributed by atoms with Crippen LogP contribution in [0.5, 0.6) is 17.2 Å². The molecule has 172 valence electrons. The number of thiophene rings is 1. The molecule has 0 spiro atoms. The molecular weight excluding hydrogens is 450 g/mol. The lowest BCUT2D eigenvalue weighted by Gasteiger charge is -2.29. The molecule has 34 heavy (non-hydrogen) atoms. The summed E-state index contributed by atoms with van der Waals surface area (Å²) in [6, 6.07) is 18.1. The molecule has 0 bridgehead atoms. The molecule has 2 aromatic carbocycles. The van der Waals surface area contributed by atoms with Crippen LogP contribution in [0.2, 0.25) is 0 Å². The summed E-state index contributed by atoms with van der Waals surface area (Å²) in [5.41, 5.74) is 3.95. The molecule has 1 amide bonds. The highest BCUT2D eigenvalue weighted by molar-refractivity contribution is 7.12. The molecule has 8 heteroatoms. The molecule has 0 unspecified atom stereocenters. The van der Waals surface area contributed by atoms with E-state index in [2.05, 4.69) is 16.7 Å². The van der Waals surface area contributed by atoms with E-state index in [0.29, 0.717) is 49.2 Å². The maximum absolute atomic E-state index is 13.5. The van der Waals surface area contributed by atoms with Gasteiger partial charge in [-0.25, -0.2) is 4.98 Å². The van der Waals surface area contributed by atoms with E-state index in [0.717, 1.165) is 34.1 Å². The molecule has 2 aliphatic heterocycles. The van der Waals surface area contributed by atoms with Gasteiger partial charge in [0.1, 0.15) is 29.7 Å². The van der Waals surface area contributed by atoms with E-state index in [1.54, 1.807) is 7.11 Å². The van der Waals surface area contributed by atoms with Gasteiger partial charge < -0.3 is 23.7 Å². The lowest BCUT2D eigenvalue weighted by atomic mass is 10.1. The van der Waals surface area contributed by atoms with Crippen molar-refractivity contribution in [2.75, 3.05) is 26.9 Å². The van der Waals surface area contributed by atoms with Crippen molar-refractivity contribution in [3.05, 3.63) is 70.5 Å². The third-order valence-electron chi connectivity index (χ3n) is 6.18. The lowest BCUT2D eigenvalue weighted by Crippen LogP contribution is -2.38. The Labute approximate surface area is 201 Å². The summed E-state index contributed by atoms with van der Waals surface area (Å²) >= 11 is 1.38. The number of aromatic nitrogens is 2. The van der Waals surface area contributed by atoms with Crippen molar-refractivity contribution in [3.8, 4) is 39.9 Å². The predicted molar refractivity (Wildman–Crippen MR) is 130 cm³/mol. The quantitative estimate of drug-likeness (QED) is 0.429. The third kappa shape index (κ3) is 3.51. The van der Waals surface area contributed by atoms with Crippen LogP contribution in [0.25, 0.3) is 22.6 Å². The summed E-state index contributed by atoms with van der Waals surface area (Å²) < 4.78 is 19.0. The predicted octanol–water partition coefficient (Wildman–Crippen LogP) is 4.71. The van der Waals surface area contributed by atoms with Crippen LogP contribution < -0.4 is 14.2 Å². The number of ether oxygens (including phenoxy) is 3. The van der Waals surface area contributed by atoms with Gasteiger partial charge in [-0.1, -0.05) is 30.3 Å². The van der Waals surface area contributed by atoms with Gasteiger partial charge in [-0.3, -0.25) is 4.79 Å². The molecule has 0 fully saturated rings. The zero-order chi connectivity index (χ0) is 23.1. The van der Waals surface area contributed by atoms with Crippen LogP contribution in [-0.2, 0) is 13.1 Å². The topological polar surface area (TPSA) is 65.8 Å². The number of fused-ring (bicyclic) bond motifs is 2. The van der Waals surface area contributed by atoms with Gasteiger partial charge in [0.05, 0.1) is 25.0 Å². The molecule has 4 aromatic rings. The average molecular weight is 474 g/mol. The molecular formula is C26H23N3O4S. The van der Waals surface area contributed by atoms with Gasteiger partial charge in [0.2, 0.25) is 0 Å². The van der Waals surface area contributed by atoms with Crippen molar-refractivity contribution in [3.63, 3.8) is 0 Å². The van der Waals surface area contributed by atoms with Crippen molar-refractivity contribution in [2.24, 2.45) is 0 Å². The van der Waals surface area contributed by atoms with Crippen molar-refractivity contribution >= 4 is 17.2 Å². The highest BCUT2D eigenvalue weighted by Crippen LogP contribution is 2.41. The minimum Gasteiger partial charge on any atom is -0.497 e. The molecule has 0 atom stereocenters. The molecule has 0 N–H and O–H groups in total. The summed E-state index contributed by atoms with van der Waals surface area (Å²) in [4.78, 5) is 21.0.